The maximum atomic E-state index is 12.3. The Bertz CT molecular complexity index is 609. The zero-order valence-electron chi connectivity index (χ0n) is 12.5. The lowest BCUT2D eigenvalue weighted by Crippen LogP contribution is -2.14. The molecule has 5 nitrogen and oxygen atoms in total. The lowest BCUT2D eigenvalue weighted by molar-refractivity contribution is 0.102. The Labute approximate surface area is 124 Å². The largest absolute Gasteiger partial charge is 0.477 e. The Kier molecular flexibility index (Phi) is 4.77. The van der Waals surface area contributed by atoms with Crippen LogP contribution >= 0.6 is 0 Å². The molecule has 0 spiro atoms. The molecule has 0 radical (unpaired) electrons. The molecule has 1 N–H and O–H groups in total. The van der Waals surface area contributed by atoms with Gasteiger partial charge in [0, 0.05) is 31.7 Å². The van der Waals surface area contributed by atoms with Crippen LogP contribution in [0.3, 0.4) is 0 Å². The molecule has 0 fully saturated rings. The van der Waals surface area contributed by atoms with Crippen molar-refractivity contribution in [1.82, 2.24) is 4.98 Å². The molecule has 1 heterocycles. The Hall–Kier alpha value is -2.56. The van der Waals surface area contributed by atoms with E-state index >= 15 is 0 Å². The first-order valence-electron chi connectivity index (χ1n) is 6.78. The number of pyridine rings is 1. The number of carbonyl (C=O) groups excluding carboxylic acids is 1. The molecule has 1 amide bonds. The number of ether oxygens (including phenoxy) is 1. The van der Waals surface area contributed by atoms with Crippen LogP contribution in [0.15, 0.2) is 42.6 Å². The SMILES string of the molecule is CCOc1ncccc1C(=O)Nc1ccc(N(C)C)cc1. The summed E-state index contributed by atoms with van der Waals surface area (Å²) >= 11 is 0. The van der Waals surface area contributed by atoms with E-state index in [0.29, 0.717) is 18.1 Å². The van der Waals surface area contributed by atoms with Crippen LogP contribution in [0, 0.1) is 0 Å². The van der Waals surface area contributed by atoms with Gasteiger partial charge in [-0.05, 0) is 43.3 Å². The van der Waals surface area contributed by atoms with Crippen LogP contribution in [-0.2, 0) is 0 Å². The fraction of sp³-hybridized carbons (Fsp3) is 0.250. The monoisotopic (exact) mass is 285 g/mol. The van der Waals surface area contributed by atoms with Gasteiger partial charge in [0.2, 0.25) is 5.88 Å². The van der Waals surface area contributed by atoms with Crippen LogP contribution in [0.5, 0.6) is 5.88 Å². The summed E-state index contributed by atoms with van der Waals surface area (Å²) in [6, 6.07) is 11.0. The van der Waals surface area contributed by atoms with Gasteiger partial charge >= 0.3 is 0 Å². The van der Waals surface area contributed by atoms with Crippen LogP contribution < -0.4 is 15.0 Å². The Morgan fingerprint density at radius 2 is 1.95 bits per heavy atom. The van der Waals surface area contributed by atoms with Gasteiger partial charge in [0.05, 0.1) is 6.61 Å². The molecule has 0 bridgehead atoms. The minimum Gasteiger partial charge on any atom is -0.477 e. The topological polar surface area (TPSA) is 54.5 Å². The third-order valence-electron chi connectivity index (χ3n) is 2.94. The minimum atomic E-state index is -0.232. The van der Waals surface area contributed by atoms with E-state index in [2.05, 4.69) is 10.3 Å². The summed E-state index contributed by atoms with van der Waals surface area (Å²) in [5.74, 6) is 0.117. The summed E-state index contributed by atoms with van der Waals surface area (Å²) < 4.78 is 5.37. The van der Waals surface area contributed by atoms with Gasteiger partial charge < -0.3 is 15.0 Å². The summed E-state index contributed by atoms with van der Waals surface area (Å²) in [5, 5.41) is 2.85. The number of carbonyl (C=O) groups is 1. The van der Waals surface area contributed by atoms with Crippen molar-refractivity contribution >= 4 is 17.3 Å². The second kappa shape index (κ2) is 6.74. The van der Waals surface area contributed by atoms with Gasteiger partial charge in [-0.3, -0.25) is 4.79 Å². The highest BCUT2D eigenvalue weighted by atomic mass is 16.5. The lowest BCUT2D eigenvalue weighted by atomic mass is 10.2. The molecule has 0 aliphatic carbocycles. The molecule has 0 saturated heterocycles. The average molecular weight is 285 g/mol. The molecule has 110 valence electrons. The van der Waals surface area contributed by atoms with Gasteiger partial charge in [-0.2, -0.15) is 0 Å². The molecule has 1 aromatic carbocycles. The molecule has 2 rings (SSSR count). The van der Waals surface area contributed by atoms with Crippen LogP contribution in [-0.4, -0.2) is 31.6 Å². The van der Waals surface area contributed by atoms with Crippen LogP contribution in [0.25, 0.3) is 0 Å². The zero-order chi connectivity index (χ0) is 15.2. The first kappa shape index (κ1) is 14.8. The van der Waals surface area contributed by atoms with Gasteiger partial charge in [0.25, 0.3) is 5.91 Å². The van der Waals surface area contributed by atoms with E-state index in [0.717, 1.165) is 11.4 Å². The van der Waals surface area contributed by atoms with Crippen LogP contribution in [0.2, 0.25) is 0 Å². The molecule has 0 aliphatic heterocycles. The van der Waals surface area contributed by atoms with Gasteiger partial charge in [0.1, 0.15) is 5.56 Å². The van der Waals surface area contributed by atoms with Crippen molar-refractivity contribution < 1.29 is 9.53 Å². The van der Waals surface area contributed by atoms with Gasteiger partial charge in [0.15, 0.2) is 0 Å². The number of nitrogens with one attached hydrogen (secondary N) is 1. The molecule has 5 heteroatoms. The van der Waals surface area contributed by atoms with E-state index in [4.69, 9.17) is 4.74 Å². The van der Waals surface area contributed by atoms with Gasteiger partial charge in [-0.1, -0.05) is 0 Å². The van der Waals surface area contributed by atoms with Gasteiger partial charge in [-0.15, -0.1) is 0 Å². The van der Waals surface area contributed by atoms with Crippen molar-refractivity contribution in [2.75, 3.05) is 30.9 Å². The predicted octanol–water partition coefficient (Wildman–Crippen LogP) is 2.80. The van der Waals surface area contributed by atoms with Crippen molar-refractivity contribution in [3.63, 3.8) is 0 Å². The van der Waals surface area contributed by atoms with E-state index in [1.165, 1.54) is 0 Å². The molecule has 21 heavy (non-hydrogen) atoms. The maximum Gasteiger partial charge on any atom is 0.261 e. The number of hydrogen-bond acceptors (Lipinski definition) is 4. The molecular weight excluding hydrogens is 266 g/mol. The second-order valence-electron chi connectivity index (χ2n) is 4.68. The Balaban J connectivity index is 2.14. The molecular formula is C16H19N3O2. The van der Waals surface area contributed by atoms with Crippen molar-refractivity contribution in [3.05, 3.63) is 48.2 Å². The summed E-state index contributed by atoms with van der Waals surface area (Å²) in [6.45, 7) is 2.32. The fourth-order valence-corrected chi connectivity index (χ4v) is 1.86. The van der Waals surface area contributed by atoms with E-state index in [1.54, 1.807) is 18.3 Å². The highest BCUT2D eigenvalue weighted by Crippen LogP contribution is 2.19. The maximum absolute atomic E-state index is 12.3. The van der Waals surface area contributed by atoms with Crippen LogP contribution in [0.4, 0.5) is 11.4 Å². The van der Waals surface area contributed by atoms with E-state index < -0.39 is 0 Å². The van der Waals surface area contributed by atoms with Gasteiger partial charge in [-0.25, -0.2) is 4.98 Å². The first-order chi connectivity index (χ1) is 10.1. The van der Waals surface area contributed by atoms with E-state index in [-0.39, 0.29) is 5.91 Å². The number of aromatic nitrogens is 1. The highest BCUT2D eigenvalue weighted by Gasteiger charge is 2.13. The van der Waals surface area contributed by atoms with E-state index in [9.17, 15) is 4.79 Å². The normalized spacial score (nSPS) is 10.0. The van der Waals surface area contributed by atoms with Crippen molar-refractivity contribution in [1.29, 1.82) is 0 Å². The zero-order valence-corrected chi connectivity index (χ0v) is 12.5. The highest BCUT2D eigenvalue weighted by molar-refractivity contribution is 6.05. The molecule has 0 unspecified atom stereocenters. The first-order valence-corrected chi connectivity index (χ1v) is 6.78. The molecule has 1 aromatic heterocycles. The lowest BCUT2D eigenvalue weighted by Gasteiger charge is -2.13. The molecule has 2 aromatic rings. The summed E-state index contributed by atoms with van der Waals surface area (Å²) in [7, 11) is 3.94. The Morgan fingerprint density at radius 3 is 2.57 bits per heavy atom. The summed E-state index contributed by atoms with van der Waals surface area (Å²) in [6.07, 6.45) is 1.60. The van der Waals surface area contributed by atoms with Crippen molar-refractivity contribution in [2.45, 2.75) is 6.92 Å². The van der Waals surface area contributed by atoms with Crippen molar-refractivity contribution in [2.24, 2.45) is 0 Å². The third-order valence-corrected chi connectivity index (χ3v) is 2.94. The molecule has 0 aliphatic rings. The number of benzene rings is 1. The van der Waals surface area contributed by atoms with Crippen molar-refractivity contribution in [3.8, 4) is 5.88 Å². The number of amides is 1. The average Bonchev–Trinajstić information content (AvgIpc) is 2.48. The quantitative estimate of drug-likeness (QED) is 0.917. The fourth-order valence-electron chi connectivity index (χ4n) is 1.86. The predicted molar refractivity (Wildman–Crippen MR) is 84.1 cm³/mol. The number of hydrogen-bond donors (Lipinski definition) is 1. The summed E-state index contributed by atoms with van der Waals surface area (Å²) in [4.78, 5) is 18.4. The minimum absolute atomic E-state index is 0.232. The third kappa shape index (κ3) is 3.72. The second-order valence-corrected chi connectivity index (χ2v) is 4.68. The number of anilines is 2. The summed E-state index contributed by atoms with van der Waals surface area (Å²) in [5.41, 5.74) is 2.23. The van der Waals surface area contributed by atoms with E-state index in [1.807, 2.05) is 50.2 Å². The van der Waals surface area contributed by atoms with Crippen LogP contribution in [0.1, 0.15) is 17.3 Å². The standard InChI is InChI=1S/C16H19N3O2/c1-4-21-16-14(6-5-11-17-16)15(20)18-12-7-9-13(10-8-12)19(2)3/h5-11H,4H2,1-3H3,(H,18,20). The Morgan fingerprint density at radius 1 is 1.24 bits per heavy atom. The number of rotatable bonds is 5. The smallest absolute Gasteiger partial charge is 0.261 e. The molecule has 0 atom stereocenters. The number of nitrogens with zero attached hydrogens (tertiary/aromatic N) is 2. The molecule has 0 saturated carbocycles.